The van der Waals surface area contributed by atoms with Crippen molar-refractivity contribution in [3.63, 3.8) is 0 Å². The Kier molecular flexibility index (Phi) is 7.08. The van der Waals surface area contributed by atoms with E-state index in [0.29, 0.717) is 11.5 Å². The highest BCUT2D eigenvalue weighted by Gasteiger charge is 2.30. The maximum absolute atomic E-state index is 12.6. The van der Waals surface area contributed by atoms with Crippen molar-refractivity contribution in [1.29, 1.82) is 0 Å². The molecule has 0 aliphatic heterocycles. The first kappa shape index (κ1) is 22.1. The van der Waals surface area contributed by atoms with Crippen LogP contribution in [-0.2, 0) is 22.3 Å². The van der Waals surface area contributed by atoms with Crippen molar-refractivity contribution >= 4 is 11.9 Å². The molecule has 0 aliphatic carbocycles. The smallest absolute Gasteiger partial charge is 0.416 e. The third kappa shape index (κ3) is 5.87. The fourth-order valence-corrected chi connectivity index (χ4v) is 2.40. The lowest BCUT2D eigenvalue weighted by Gasteiger charge is -2.15. The largest absolute Gasteiger partial charge is 0.493 e. The van der Waals surface area contributed by atoms with E-state index in [1.165, 1.54) is 21.1 Å². The van der Waals surface area contributed by atoms with Gasteiger partial charge in [-0.1, -0.05) is 6.07 Å². The van der Waals surface area contributed by atoms with Crippen LogP contribution in [0, 0.1) is 0 Å². The number of methoxy groups -OCH3 is 2. The molecule has 0 radical (unpaired) electrons. The number of carbonyl (C=O) groups excluding carboxylic acids is 2. The summed E-state index contributed by atoms with van der Waals surface area (Å²) < 4.78 is 53.0. The summed E-state index contributed by atoms with van der Waals surface area (Å²) in [6, 6.07) is 8.67. The van der Waals surface area contributed by atoms with Crippen molar-refractivity contribution in [2.45, 2.75) is 25.7 Å². The van der Waals surface area contributed by atoms with Crippen LogP contribution in [0.4, 0.5) is 13.2 Å². The molecule has 0 bridgehead atoms. The van der Waals surface area contributed by atoms with Crippen molar-refractivity contribution in [3.8, 4) is 11.5 Å². The molecule has 1 N–H and O–H groups in total. The molecule has 0 aliphatic rings. The molecule has 2 aromatic rings. The van der Waals surface area contributed by atoms with Gasteiger partial charge in [0.05, 0.1) is 25.3 Å². The SMILES string of the molecule is COc1ccc(CNC(=O)C(C)OC(=O)c2ccc(C(F)(F)F)cc2)cc1OC. The van der Waals surface area contributed by atoms with Crippen LogP contribution in [0.5, 0.6) is 11.5 Å². The molecule has 2 aromatic carbocycles. The van der Waals surface area contributed by atoms with Gasteiger partial charge >= 0.3 is 12.1 Å². The first-order valence-electron chi connectivity index (χ1n) is 8.52. The molecule has 0 spiro atoms. The summed E-state index contributed by atoms with van der Waals surface area (Å²) in [5, 5.41) is 2.61. The number of esters is 1. The van der Waals surface area contributed by atoms with Gasteiger partial charge in [-0.05, 0) is 48.9 Å². The van der Waals surface area contributed by atoms with Crippen molar-refractivity contribution in [1.82, 2.24) is 5.32 Å². The van der Waals surface area contributed by atoms with Crippen molar-refractivity contribution in [3.05, 3.63) is 59.2 Å². The fourth-order valence-electron chi connectivity index (χ4n) is 2.40. The molecule has 0 heterocycles. The second-order valence-electron chi connectivity index (χ2n) is 6.03. The molecular formula is C20H20F3NO5. The fraction of sp³-hybridized carbons (Fsp3) is 0.300. The van der Waals surface area contributed by atoms with Gasteiger partial charge in [0.15, 0.2) is 17.6 Å². The summed E-state index contributed by atoms with van der Waals surface area (Å²) in [5.41, 5.74) is -0.232. The first-order chi connectivity index (χ1) is 13.7. The third-order valence-corrected chi connectivity index (χ3v) is 4.02. The summed E-state index contributed by atoms with van der Waals surface area (Å²) in [5.74, 6) is -0.407. The van der Waals surface area contributed by atoms with E-state index < -0.39 is 29.7 Å². The Balaban J connectivity index is 1.92. The number of benzene rings is 2. The van der Waals surface area contributed by atoms with Gasteiger partial charge in [-0.15, -0.1) is 0 Å². The van der Waals surface area contributed by atoms with Gasteiger partial charge in [-0.25, -0.2) is 4.79 Å². The maximum Gasteiger partial charge on any atom is 0.416 e. The lowest BCUT2D eigenvalue weighted by Crippen LogP contribution is -2.35. The molecule has 0 saturated heterocycles. The molecule has 1 amide bonds. The van der Waals surface area contributed by atoms with Gasteiger partial charge in [-0.3, -0.25) is 4.79 Å². The Bertz CT molecular complexity index is 865. The van der Waals surface area contributed by atoms with Crippen LogP contribution in [0.1, 0.15) is 28.4 Å². The van der Waals surface area contributed by atoms with Gasteiger partial charge in [0.1, 0.15) is 0 Å². The summed E-state index contributed by atoms with van der Waals surface area (Å²) in [7, 11) is 3.00. The van der Waals surface area contributed by atoms with Gasteiger partial charge < -0.3 is 19.5 Å². The predicted octanol–water partition coefficient (Wildman–Crippen LogP) is 3.58. The Morgan fingerprint density at radius 2 is 1.62 bits per heavy atom. The average molecular weight is 411 g/mol. The lowest BCUT2D eigenvalue weighted by atomic mass is 10.1. The van der Waals surface area contributed by atoms with Crippen LogP contribution < -0.4 is 14.8 Å². The van der Waals surface area contributed by atoms with Crippen molar-refractivity contribution in [2.24, 2.45) is 0 Å². The number of alkyl halides is 3. The second-order valence-corrected chi connectivity index (χ2v) is 6.03. The zero-order valence-corrected chi connectivity index (χ0v) is 16.0. The Labute approximate surface area is 165 Å². The van der Waals surface area contributed by atoms with Crippen LogP contribution in [0.15, 0.2) is 42.5 Å². The Morgan fingerprint density at radius 3 is 2.17 bits per heavy atom. The first-order valence-corrected chi connectivity index (χ1v) is 8.52. The van der Waals surface area contributed by atoms with Crippen LogP contribution in [0.25, 0.3) is 0 Å². The zero-order valence-electron chi connectivity index (χ0n) is 16.0. The molecule has 6 nitrogen and oxygen atoms in total. The van der Waals surface area contributed by atoms with Crippen molar-refractivity contribution in [2.75, 3.05) is 14.2 Å². The topological polar surface area (TPSA) is 73.9 Å². The van der Waals surface area contributed by atoms with Crippen LogP contribution in [0.3, 0.4) is 0 Å². The average Bonchev–Trinajstić information content (AvgIpc) is 2.70. The number of hydrogen-bond acceptors (Lipinski definition) is 5. The minimum Gasteiger partial charge on any atom is -0.493 e. The van der Waals surface area contributed by atoms with Gasteiger partial charge in [0.25, 0.3) is 5.91 Å². The molecule has 1 unspecified atom stereocenters. The van der Waals surface area contributed by atoms with Crippen LogP contribution in [0.2, 0.25) is 0 Å². The summed E-state index contributed by atoms with van der Waals surface area (Å²) in [6.07, 6.45) is -5.63. The van der Waals surface area contributed by atoms with E-state index in [4.69, 9.17) is 14.2 Å². The molecule has 1 atom stereocenters. The number of rotatable bonds is 7. The van der Waals surface area contributed by atoms with E-state index in [-0.39, 0.29) is 12.1 Å². The number of hydrogen-bond donors (Lipinski definition) is 1. The standard InChI is InChI=1S/C20H20F3NO5/c1-12(29-19(26)14-5-7-15(8-6-14)20(21,22)23)18(25)24-11-13-4-9-16(27-2)17(10-13)28-3/h4-10,12H,11H2,1-3H3,(H,24,25). The maximum atomic E-state index is 12.6. The quantitative estimate of drug-likeness (QED) is 0.705. The molecule has 0 aromatic heterocycles. The van der Waals surface area contributed by atoms with E-state index in [2.05, 4.69) is 5.32 Å². The van der Waals surface area contributed by atoms with E-state index in [9.17, 15) is 22.8 Å². The molecule has 29 heavy (non-hydrogen) atoms. The molecule has 0 saturated carbocycles. The lowest BCUT2D eigenvalue weighted by molar-refractivity contribution is -0.137. The van der Waals surface area contributed by atoms with Gasteiger partial charge in [0.2, 0.25) is 0 Å². The Morgan fingerprint density at radius 1 is 1.00 bits per heavy atom. The van der Waals surface area contributed by atoms with Crippen LogP contribution >= 0.6 is 0 Å². The minimum atomic E-state index is -4.50. The number of amides is 1. The molecule has 0 fully saturated rings. The highest BCUT2D eigenvalue weighted by Crippen LogP contribution is 2.29. The summed E-state index contributed by atoms with van der Waals surface area (Å²) in [4.78, 5) is 24.2. The van der Waals surface area contributed by atoms with Crippen LogP contribution in [-0.4, -0.2) is 32.2 Å². The van der Waals surface area contributed by atoms with E-state index in [1.54, 1.807) is 18.2 Å². The number of carbonyl (C=O) groups is 2. The highest BCUT2D eigenvalue weighted by atomic mass is 19.4. The van der Waals surface area contributed by atoms with E-state index in [1.807, 2.05) is 0 Å². The van der Waals surface area contributed by atoms with Gasteiger partial charge in [0, 0.05) is 6.54 Å². The number of nitrogens with one attached hydrogen (secondary N) is 1. The monoisotopic (exact) mass is 411 g/mol. The summed E-state index contributed by atoms with van der Waals surface area (Å²) >= 11 is 0. The normalized spacial score (nSPS) is 12.1. The number of ether oxygens (including phenoxy) is 3. The second kappa shape index (κ2) is 9.31. The zero-order chi connectivity index (χ0) is 21.6. The van der Waals surface area contributed by atoms with E-state index in [0.717, 1.165) is 29.8 Å². The van der Waals surface area contributed by atoms with Gasteiger partial charge in [-0.2, -0.15) is 13.2 Å². The molecule has 156 valence electrons. The molecular weight excluding hydrogens is 391 g/mol. The predicted molar refractivity (Wildman–Crippen MR) is 97.7 cm³/mol. The van der Waals surface area contributed by atoms with Crippen molar-refractivity contribution < 1.29 is 37.0 Å². The number of halogens is 3. The minimum absolute atomic E-state index is 0.0856. The highest BCUT2D eigenvalue weighted by molar-refractivity contribution is 5.92. The molecule has 2 rings (SSSR count). The molecule has 9 heteroatoms. The third-order valence-electron chi connectivity index (χ3n) is 4.02. The Hall–Kier alpha value is -3.23. The summed E-state index contributed by atoms with van der Waals surface area (Å²) in [6.45, 7) is 1.52. The van der Waals surface area contributed by atoms with E-state index >= 15 is 0 Å².